The van der Waals surface area contributed by atoms with Crippen LogP contribution in [-0.4, -0.2) is 50.0 Å². The fraction of sp³-hybridized carbons (Fsp3) is 0.192. The Bertz CT molecular complexity index is 1540. The summed E-state index contributed by atoms with van der Waals surface area (Å²) in [5.74, 6) is -0.522. The molecule has 1 aliphatic heterocycles. The van der Waals surface area contributed by atoms with Crippen molar-refractivity contribution in [3.63, 3.8) is 0 Å². The van der Waals surface area contributed by atoms with E-state index in [-0.39, 0.29) is 11.6 Å². The van der Waals surface area contributed by atoms with Crippen LogP contribution in [0.25, 0.3) is 27.6 Å². The summed E-state index contributed by atoms with van der Waals surface area (Å²) in [5, 5.41) is 13.4. The molecule has 0 unspecified atom stereocenters. The first-order valence-electron chi connectivity index (χ1n) is 11.5. The van der Waals surface area contributed by atoms with E-state index in [1.807, 2.05) is 30.3 Å². The lowest BCUT2D eigenvalue weighted by Gasteiger charge is -2.34. The van der Waals surface area contributed by atoms with E-state index in [1.54, 1.807) is 35.5 Å². The molecule has 0 bridgehead atoms. The van der Waals surface area contributed by atoms with E-state index in [0.717, 1.165) is 30.2 Å². The van der Waals surface area contributed by atoms with Crippen molar-refractivity contribution in [3.05, 3.63) is 84.4 Å². The van der Waals surface area contributed by atoms with Crippen LogP contribution >= 0.6 is 0 Å². The van der Waals surface area contributed by atoms with E-state index in [0.29, 0.717) is 29.2 Å². The van der Waals surface area contributed by atoms with Crippen molar-refractivity contribution in [2.45, 2.75) is 18.9 Å². The molecule has 6 rings (SSSR count). The van der Waals surface area contributed by atoms with Crippen LogP contribution < -0.4 is 10.2 Å². The quantitative estimate of drug-likeness (QED) is 0.431. The third kappa shape index (κ3) is 3.79. The van der Waals surface area contributed by atoms with E-state index in [1.165, 1.54) is 16.8 Å². The number of amides is 1. The van der Waals surface area contributed by atoms with Gasteiger partial charge in [-0.15, -0.1) is 5.10 Å². The Hall–Kier alpha value is -4.24. The molecule has 1 aliphatic rings. The number of hydrogen-bond acceptors (Lipinski definition) is 6. The zero-order valence-electron chi connectivity index (χ0n) is 18.8. The zero-order valence-corrected chi connectivity index (χ0v) is 18.8. The molecule has 3 aromatic heterocycles. The molecule has 0 radical (unpaired) electrons. The minimum atomic E-state index is -0.638. The summed E-state index contributed by atoms with van der Waals surface area (Å²) in [7, 11) is 0. The standard InChI is InChI=1S/C26H22FN7O/c27-22-15-18(34-25-23(31-32-34)8-4-13-29-25)9-10-21(22)26(35)33(19-6-3-12-28-16-19)24-20-7-2-1-5-17(20)11-14-30-24/h1-2,4-5,7-11,13-15,19,28H,3,6,12,16H2/t19-/m1/s1. The van der Waals surface area contributed by atoms with Gasteiger partial charge < -0.3 is 5.32 Å². The number of carbonyl (C=O) groups is 1. The molecule has 8 nitrogen and oxygen atoms in total. The number of nitrogens with one attached hydrogen (secondary N) is 1. The zero-order chi connectivity index (χ0) is 23.8. The third-order valence-corrected chi connectivity index (χ3v) is 6.37. The van der Waals surface area contributed by atoms with Crippen LogP contribution in [0, 0.1) is 5.82 Å². The van der Waals surface area contributed by atoms with E-state index in [4.69, 9.17) is 0 Å². The van der Waals surface area contributed by atoms with Gasteiger partial charge in [0.2, 0.25) is 0 Å². The number of benzene rings is 2. The minimum Gasteiger partial charge on any atom is -0.315 e. The molecule has 1 N–H and O–H groups in total. The minimum absolute atomic E-state index is 0.0218. The van der Waals surface area contributed by atoms with Crippen LogP contribution in [0.15, 0.2) is 73.1 Å². The van der Waals surface area contributed by atoms with E-state index in [9.17, 15) is 4.79 Å². The lowest BCUT2D eigenvalue weighted by atomic mass is 10.0. The highest BCUT2D eigenvalue weighted by Gasteiger charge is 2.31. The normalized spacial score (nSPS) is 16.0. The van der Waals surface area contributed by atoms with Crippen LogP contribution in [-0.2, 0) is 0 Å². The van der Waals surface area contributed by atoms with Gasteiger partial charge >= 0.3 is 0 Å². The van der Waals surface area contributed by atoms with Gasteiger partial charge in [-0.2, -0.15) is 4.68 Å². The number of pyridine rings is 2. The van der Waals surface area contributed by atoms with Crippen molar-refractivity contribution in [2.24, 2.45) is 0 Å². The molecule has 1 fully saturated rings. The Morgan fingerprint density at radius 3 is 2.83 bits per heavy atom. The first-order valence-corrected chi connectivity index (χ1v) is 11.5. The molecule has 4 heterocycles. The average Bonchev–Trinajstić information content (AvgIpc) is 3.34. The summed E-state index contributed by atoms with van der Waals surface area (Å²) < 4.78 is 16.9. The third-order valence-electron chi connectivity index (χ3n) is 6.37. The van der Waals surface area contributed by atoms with E-state index < -0.39 is 11.7 Å². The predicted octanol–water partition coefficient (Wildman–Crippen LogP) is 3.90. The van der Waals surface area contributed by atoms with Crippen LogP contribution in [0.4, 0.5) is 10.2 Å². The van der Waals surface area contributed by atoms with Gasteiger partial charge in [-0.1, -0.05) is 29.5 Å². The Morgan fingerprint density at radius 2 is 1.97 bits per heavy atom. The highest BCUT2D eigenvalue weighted by Crippen LogP contribution is 2.30. The van der Waals surface area contributed by atoms with Crippen LogP contribution in [0.1, 0.15) is 23.2 Å². The second-order valence-electron chi connectivity index (χ2n) is 8.54. The van der Waals surface area contributed by atoms with E-state index in [2.05, 4.69) is 25.6 Å². The maximum absolute atomic E-state index is 15.5. The van der Waals surface area contributed by atoms with Crippen molar-refractivity contribution < 1.29 is 9.18 Å². The molecule has 1 atom stereocenters. The number of fused-ring (bicyclic) bond motifs is 2. The summed E-state index contributed by atoms with van der Waals surface area (Å²) in [5.41, 5.74) is 1.53. The maximum atomic E-state index is 15.5. The first kappa shape index (κ1) is 21.3. The summed E-state index contributed by atoms with van der Waals surface area (Å²) in [4.78, 5) is 24.4. The number of rotatable bonds is 4. The monoisotopic (exact) mass is 467 g/mol. The van der Waals surface area contributed by atoms with Crippen molar-refractivity contribution in [1.82, 2.24) is 30.3 Å². The lowest BCUT2D eigenvalue weighted by Crippen LogP contribution is -2.49. The smallest absolute Gasteiger partial charge is 0.262 e. The van der Waals surface area contributed by atoms with Gasteiger partial charge in [0.05, 0.1) is 17.3 Å². The topological polar surface area (TPSA) is 88.8 Å². The SMILES string of the molecule is O=C(c1ccc(-n2nnc3cccnc32)cc1F)N(c1nccc2ccccc12)[C@@H]1CCCNC1. The molecule has 0 spiro atoms. The van der Waals surface area contributed by atoms with Gasteiger partial charge in [-0.3, -0.25) is 9.69 Å². The summed E-state index contributed by atoms with van der Waals surface area (Å²) in [6.45, 7) is 1.51. The van der Waals surface area contributed by atoms with Gasteiger partial charge in [0, 0.05) is 30.4 Å². The summed E-state index contributed by atoms with van der Waals surface area (Å²) >= 11 is 0. The molecular formula is C26H22FN7O. The first-order chi connectivity index (χ1) is 17.2. The molecule has 174 valence electrons. The van der Waals surface area contributed by atoms with Crippen molar-refractivity contribution in [3.8, 4) is 5.69 Å². The molecule has 5 aromatic rings. The van der Waals surface area contributed by atoms with Crippen molar-refractivity contribution in [2.75, 3.05) is 18.0 Å². The summed E-state index contributed by atoms with van der Waals surface area (Å²) in [6, 6.07) is 17.6. The van der Waals surface area contributed by atoms with Gasteiger partial charge in [-0.05, 0) is 55.1 Å². The fourth-order valence-corrected chi connectivity index (χ4v) is 4.66. The molecule has 1 amide bonds. The highest BCUT2D eigenvalue weighted by molar-refractivity contribution is 6.10. The van der Waals surface area contributed by atoms with Gasteiger partial charge in [0.15, 0.2) is 5.65 Å². The largest absolute Gasteiger partial charge is 0.315 e. The molecular weight excluding hydrogens is 445 g/mol. The van der Waals surface area contributed by atoms with Gasteiger partial charge in [-0.25, -0.2) is 14.4 Å². The molecule has 1 saturated heterocycles. The Morgan fingerprint density at radius 1 is 1.06 bits per heavy atom. The summed E-state index contributed by atoms with van der Waals surface area (Å²) in [6.07, 6.45) is 5.05. The lowest BCUT2D eigenvalue weighted by molar-refractivity contribution is 0.0968. The van der Waals surface area contributed by atoms with Crippen LogP contribution in [0.5, 0.6) is 0 Å². The second kappa shape index (κ2) is 8.84. The number of anilines is 1. The second-order valence-corrected chi connectivity index (χ2v) is 8.54. The Balaban J connectivity index is 1.43. The number of piperidine rings is 1. The van der Waals surface area contributed by atoms with Crippen LogP contribution in [0.2, 0.25) is 0 Å². The Kier molecular flexibility index (Phi) is 5.38. The van der Waals surface area contributed by atoms with Gasteiger partial charge in [0.25, 0.3) is 5.91 Å². The molecule has 0 aliphatic carbocycles. The fourth-order valence-electron chi connectivity index (χ4n) is 4.66. The van der Waals surface area contributed by atoms with Crippen molar-refractivity contribution in [1.29, 1.82) is 0 Å². The highest BCUT2D eigenvalue weighted by atomic mass is 19.1. The number of carbonyl (C=O) groups excluding carboxylic acids is 1. The molecule has 2 aromatic carbocycles. The molecule has 0 saturated carbocycles. The Labute approximate surface area is 200 Å². The predicted molar refractivity (Wildman–Crippen MR) is 131 cm³/mol. The average molecular weight is 468 g/mol. The number of halogens is 1. The van der Waals surface area contributed by atoms with Gasteiger partial charge in [0.1, 0.15) is 17.2 Å². The number of nitrogens with zero attached hydrogens (tertiary/aromatic N) is 6. The maximum Gasteiger partial charge on any atom is 0.262 e. The van der Waals surface area contributed by atoms with Crippen LogP contribution in [0.3, 0.4) is 0 Å². The molecule has 9 heteroatoms. The number of hydrogen-bond donors (Lipinski definition) is 1. The number of aromatic nitrogens is 5. The van der Waals surface area contributed by atoms with E-state index >= 15 is 4.39 Å². The van der Waals surface area contributed by atoms with Crippen molar-refractivity contribution >= 4 is 33.7 Å². The molecule has 35 heavy (non-hydrogen) atoms.